The standard InChI is InChI=1S/C13H16BrClFNO2/c14-5-8-19-7-2-6-17-13(18)9-10-11(15)3-1-4-12(10)16/h1,3-4H,2,5-9H2,(H,17,18). The van der Waals surface area contributed by atoms with Crippen molar-refractivity contribution in [2.45, 2.75) is 12.8 Å². The highest BCUT2D eigenvalue weighted by Gasteiger charge is 2.11. The van der Waals surface area contributed by atoms with E-state index in [0.717, 1.165) is 11.8 Å². The Morgan fingerprint density at radius 1 is 1.42 bits per heavy atom. The maximum absolute atomic E-state index is 13.4. The SMILES string of the molecule is O=C(Cc1c(F)cccc1Cl)NCCCOCCBr. The van der Waals surface area contributed by atoms with E-state index in [4.69, 9.17) is 16.3 Å². The van der Waals surface area contributed by atoms with Crippen LogP contribution < -0.4 is 5.32 Å². The minimum Gasteiger partial charge on any atom is -0.381 e. The average molecular weight is 353 g/mol. The number of benzene rings is 1. The molecular formula is C13H16BrClFNO2. The summed E-state index contributed by atoms with van der Waals surface area (Å²) in [7, 11) is 0. The van der Waals surface area contributed by atoms with Crippen LogP contribution in [-0.4, -0.2) is 31.0 Å². The van der Waals surface area contributed by atoms with Gasteiger partial charge in [-0.2, -0.15) is 0 Å². The van der Waals surface area contributed by atoms with Gasteiger partial charge < -0.3 is 10.1 Å². The van der Waals surface area contributed by atoms with E-state index in [1.807, 2.05) is 0 Å². The number of hydrogen-bond acceptors (Lipinski definition) is 2. The lowest BCUT2D eigenvalue weighted by Gasteiger charge is -2.07. The molecule has 0 radical (unpaired) electrons. The maximum atomic E-state index is 13.4. The van der Waals surface area contributed by atoms with Gasteiger partial charge in [0.1, 0.15) is 5.82 Å². The molecule has 0 saturated heterocycles. The molecule has 0 spiro atoms. The van der Waals surface area contributed by atoms with Crippen LogP contribution >= 0.6 is 27.5 Å². The molecule has 6 heteroatoms. The highest BCUT2D eigenvalue weighted by atomic mass is 79.9. The topological polar surface area (TPSA) is 38.3 Å². The number of carbonyl (C=O) groups is 1. The molecule has 106 valence electrons. The van der Waals surface area contributed by atoms with E-state index < -0.39 is 5.82 Å². The summed E-state index contributed by atoms with van der Waals surface area (Å²) >= 11 is 9.10. The van der Waals surface area contributed by atoms with Crippen molar-refractivity contribution < 1.29 is 13.9 Å². The Bertz CT molecular complexity index is 397. The molecule has 0 aliphatic rings. The van der Waals surface area contributed by atoms with Gasteiger partial charge in [-0.15, -0.1) is 0 Å². The second-order valence-corrected chi connectivity index (χ2v) is 5.08. The van der Waals surface area contributed by atoms with Gasteiger partial charge in [-0.25, -0.2) is 4.39 Å². The second-order valence-electron chi connectivity index (χ2n) is 3.88. The minimum atomic E-state index is -0.455. The van der Waals surface area contributed by atoms with Crippen LogP contribution in [0.2, 0.25) is 5.02 Å². The van der Waals surface area contributed by atoms with Crippen LogP contribution in [0.25, 0.3) is 0 Å². The number of amides is 1. The molecule has 0 atom stereocenters. The smallest absolute Gasteiger partial charge is 0.224 e. The van der Waals surface area contributed by atoms with E-state index in [2.05, 4.69) is 21.2 Å². The van der Waals surface area contributed by atoms with Crippen LogP contribution in [-0.2, 0) is 16.0 Å². The van der Waals surface area contributed by atoms with Crippen molar-refractivity contribution in [2.24, 2.45) is 0 Å². The van der Waals surface area contributed by atoms with Gasteiger partial charge in [-0.1, -0.05) is 33.6 Å². The highest BCUT2D eigenvalue weighted by molar-refractivity contribution is 9.09. The Labute approximate surface area is 125 Å². The Hall–Kier alpha value is -0.650. The molecule has 1 amide bonds. The maximum Gasteiger partial charge on any atom is 0.224 e. The van der Waals surface area contributed by atoms with E-state index >= 15 is 0 Å². The minimum absolute atomic E-state index is 0.0479. The van der Waals surface area contributed by atoms with Gasteiger partial charge in [-0.05, 0) is 18.6 Å². The molecule has 1 aromatic carbocycles. The number of halogens is 3. The number of ether oxygens (including phenoxy) is 1. The van der Waals surface area contributed by atoms with Crippen molar-refractivity contribution in [3.8, 4) is 0 Å². The summed E-state index contributed by atoms with van der Waals surface area (Å²) in [6.07, 6.45) is 0.678. The van der Waals surface area contributed by atoms with Gasteiger partial charge >= 0.3 is 0 Å². The van der Waals surface area contributed by atoms with Crippen molar-refractivity contribution in [3.63, 3.8) is 0 Å². The number of rotatable bonds is 8. The molecule has 0 aromatic heterocycles. The zero-order valence-electron chi connectivity index (χ0n) is 10.4. The molecule has 0 aliphatic heterocycles. The molecule has 0 saturated carbocycles. The average Bonchev–Trinajstić information content (AvgIpc) is 2.38. The Kier molecular flexibility index (Phi) is 8.02. The molecule has 0 heterocycles. The first-order valence-corrected chi connectivity index (χ1v) is 7.48. The van der Waals surface area contributed by atoms with Crippen LogP contribution in [0.1, 0.15) is 12.0 Å². The Morgan fingerprint density at radius 3 is 2.89 bits per heavy atom. The van der Waals surface area contributed by atoms with Gasteiger partial charge in [0.15, 0.2) is 0 Å². The van der Waals surface area contributed by atoms with Crippen molar-refractivity contribution in [1.82, 2.24) is 5.32 Å². The zero-order valence-corrected chi connectivity index (χ0v) is 12.8. The summed E-state index contributed by atoms with van der Waals surface area (Å²) in [5.41, 5.74) is 0.234. The van der Waals surface area contributed by atoms with Crippen LogP contribution in [0.4, 0.5) is 4.39 Å². The largest absolute Gasteiger partial charge is 0.381 e. The fraction of sp³-hybridized carbons (Fsp3) is 0.462. The Morgan fingerprint density at radius 2 is 2.21 bits per heavy atom. The molecule has 0 fully saturated rings. The number of hydrogen-bond donors (Lipinski definition) is 1. The first kappa shape index (κ1) is 16.4. The predicted octanol–water partition coefficient (Wildman–Crippen LogP) is 2.94. The fourth-order valence-corrected chi connectivity index (χ4v) is 1.94. The second kappa shape index (κ2) is 9.28. The third-order valence-corrected chi connectivity index (χ3v) is 3.09. The number of nitrogens with one attached hydrogen (secondary N) is 1. The van der Waals surface area contributed by atoms with E-state index in [9.17, 15) is 9.18 Å². The lowest BCUT2D eigenvalue weighted by molar-refractivity contribution is -0.120. The molecule has 1 N–H and O–H groups in total. The van der Waals surface area contributed by atoms with E-state index in [1.165, 1.54) is 12.1 Å². The van der Waals surface area contributed by atoms with Crippen molar-refractivity contribution >= 4 is 33.4 Å². The lowest BCUT2D eigenvalue weighted by atomic mass is 10.1. The normalized spacial score (nSPS) is 10.5. The van der Waals surface area contributed by atoms with E-state index in [1.54, 1.807) is 6.07 Å². The lowest BCUT2D eigenvalue weighted by Crippen LogP contribution is -2.27. The van der Waals surface area contributed by atoms with E-state index in [0.29, 0.717) is 19.8 Å². The summed E-state index contributed by atoms with van der Waals surface area (Å²) < 4.78 is 18.7. The summed E-state index contributed by atoms with van der Waals surface area (Å²) in [6.45, 7) is 1.75. The molecule has 0 aliphatic carbocycles. The number of carbonyl (C=O) groups excluding carboxylic acids is 1. The number of alkyl halides is 1. The third kappa shape index (κ3) is 6.36. The molecule has 1 aromatic rings. The molecular weight excluding hydrogens is 337 g/mol. The van der Waals surface area contributed by atoms with Gasteiger partial charge in [-0.3, -0.25) is 4.79 Å². The monoisotopic (exact) mass is 351 g/mol. The first-order chi connectivity index (χ1) is 9.15. The molecule has 19 heavy (non-hydrogen) atoms. The van der Waals surface area contributed by atoms with E-state index in [-0.39, 0.29) is 22.9 Å². The molecule has 0 unspecified atom stereocenters. The molecule has 1 rings (SSSR count). The van der Waals surface area contributed by atoms with Crippen molar-refractivity contribution in [3.05, 3.63) is 34.6 Å². The quantitative estimate of drug-likeness (QED) is 0.577. The molecule has 3 nitrogen and oxygen atoms in total. The third-order valence-electron chi connectivity index (χ3n) is 2.41. The van der Waals surface area contributed by atoms with Crippen LogP contribution in [0, 0.1) is 5.82 Å². The van der Waals surface area contributed by atoms with Crippen LogP contribution in [0.15, 0.2) is 18.2 Å². The van der Waals surface area contributed by atoms with Crippen LogP contribution in [0.5, 0.6) is 0 Å². The summed E-state index contributed by atoms with van der Waals surface area (Å²) in [4.78, 5) is 11.6. The predicted molar refractivity (Wildman–Crippen MR) is 77.4 cm³/mol. The van der Waals surface area contributed by atoms with Gasteiger partial charge in [0.2, 0.25) is 5.91 Å². The Balaban J connectivity index is 2.28. The summed E-state index contributed by atoms with van der Waals surface area (Å²) in [5, 5.41) is 3.78. The first-order valence-electron chi connectivity index (χ1n) is 5.98. The molecule has 0 bridgehead atoms. The van der Waals surface area contributed by atoms with Gasteiger partial charge in [0.05, 0.1) is 13.0 Å². The zero-order chi connectivity index (χ0) is 14.1. The van der Waals surface area contributed by atoms with Gasteiger partial charge in [0.25, 0.3) is 0 Å². The van der Waals surface area contributed by atoms with Crippen molar-refractivity contribution in [2.75, 3.05) is 25.1 Å². The fourth-order valence-electron chi connectivity index (χ4n) is 1.48. The van der Waals surface area contributed by atoms with Gasteiger partial charge in [0, 0.05) is 29.1 Å². The van der Waals surface area contributed by atoms with Crippen LogP contribution in [0.3, 0.4) is 0 Å². The van der Waals surface area contributed by atoms with Crippen molar-refractivity contribution in [1.29, 1.82) is 0 Å². The summed E-state index contributed by atoms with van der Waals surface area (Å²) in [6, 6.07) is 4.38. The summed E-state index contributed by atoms with van der Waals surface area (Å²) in [5.74, 6) is -0.698. The highest BCUT2D eigenvalue weighted by Crippen LogP contribution is 2.19.